The van der Waals surface area contributed by atoms with Crippen LogP contribution in [-0.4, -0.2) is 16.3 Å². The Hall–Kier alpha value is -2.32. The number of nitrogens with one attached hydrogen (secondary N) is 1. The Morgan fingerprint density at radius 3 is 2.79 bits per heavy atom. The number of nitriles is 1. The highest BCUT2D eigenvalue weighted by molar-refractivity contribution is 6.32. The maximum absolute atomic E-state index is 12.1. The summed E-state index contributed by atoms with van der Waals surface area (Å²) < 4.78 is 1.23. The zero-order valence-corrected chi connectivity index (χ0v) is 10.8. The van der Waals surface area contributed by atoms with Gasteiger partial charge in [-0.15, -0.1) is 0 Å². The van der Waals surface area contributed by atoms with Crippen LogP contribution in [0.15, 0.2) is 41.3 Å². The summed E-state index contributed by atoms with van der Waals surface area (Å²) in [4.78, 5) is 12.1. The molecule has 0 aliphatic heterocycles. The second kappa shape index (κ2) is 6.03. The van der Waals surface area contributed by atoms with Gasteiger partial charge in [0.05, 0.1) is 30.1 Å². The van der Waals surface area contributed by atoms with Crippen LogP contribution >= 0.6 is 11.6 Å². The van der Waals surface area contributed by atoms with E-state index in [0.29, 0.717) is 24.3 Å². The summed E-state index contributed by atoms with van der Waals surface area (Å²) in [5.41, 5.74) is 0.696. The smallest absolute Gasteiger partial charge is 0.292 e. The Kier molecular flexibility index (Phi) is 4.16. The molecule has 19 heavy (non-hydrogen) atoms. The first kappa shape index (κ1) is 13.1. The molecule has 1 aromatic carbocycles. The minimum atomic E-state index is -0.394. The molecule has 0 amide bonds. The maximum atomic E-state index is 12.1. The van der Waals surface area contributed by atoms with Crippen LogP contribution in [0, 0.1) is 11.3 Å². The maximum Gasteiger partial charge on any atom is 0.292 e. The molecule has 0 aliphatic rings. The van der Waals surface area contributed by atoms with Gasteiger partial charge in [0.2, 0.25) is 0 Å². The Morgan fingerprint density at radius 1 is 1.37 bits per heavy atom. The molecule has 1 heterocycles. The molecular formula is C13H11ClN4O. The highest BCUT2D eigenvalue weighted by atomic mass is 35.5. The van der Waals surface area contributed by atoms with Crippen LogP contribution in [0.1, 0.15) is 6.42 Å². The third-order valence-corrected chi connectivity index (χ3v) is 2.84. The molecule has 0 spiro atoms. The predicted octanol–water partition coefficient (Wildman–Crippen LogP) is 2.21. The lowest BCUT2D eigenvalue weighted by molar-refractivity contribution is 0.807. The molecule has 1 aromatic heterocycles. The number of anilines is 1. The fraction of sp³-hybridized carbons (Fsp3) is 0.154. The van der Waals surface area contributed by atoms with Gasteiger partial charge in [0.1, 0.15) is 5.02 Å². The van der Waals surface area contributed by atoms with E-state index in [1.807, 2.05) is 24.3 Å². The quantitative estimate of drug-likeness (QED) is 0.868. The molecule has 0 atom stereocenters. The van der Waals surface area contributed by atoms with E-state index in [-0.39, 0.29) is 5.02 Å². The summed E-state index contributed by atoms with van der Waals surface area (Å²) in [6.07, 6.45) is 1.81. The van der Waals surface area contributed by atoms with Gasteiger partial charge >= 0.3 is 0 Å². The number of para-hydroxylation sites is 1. The van der Waals surface area contributed by atoms with Crippen LogP contribution in [0.3, 0.4) is 0 Å². The minimum absolute atomic E-state index is 0.0665. The number of halogens is 1. The SMILES string of the molecule is N#CCCNc1cnn(-c2ccccc2)c(=O)c1Cl. The highest BCUT2D eigenvalue weighted by Crippen LogP contribution is 2.16. The largest absolute Gasteiger partial charge is 0.381 e. The molecule has 0 fully saturated rings. The van der Waals surface area contributed by atoms with E-state index in [1.165, 1.54) is 10.9 Å². The van der Waals surface area contributed by atoms with Crippen molar-refractivity contribution >= 4 is 17.3 Å². The monoisotopic (exact) mass is 274 g/mol. The standard InChI is InChI=1S/C13H11ClN4O/c14-12-11(16-8-4-7-15)9-17-18(13(12)19)10-5-2-1-3-6-10/h1-3,5-6,9,16H,4,8H2. The van der Waals surface area contributed by atoms with Crippen LogP contribution in [-0.2, 0) is 0 Å². The van der Waals surface area contributed by atoms with E-state index in [9.17, 15) is 4.79 Å². The van der Waals surface area contributed by atoms with Crippen molar-refractivity contribution in [1.29, 1.82) is 5.26 Å². The number of benzene rings is 1. The lowest BCUT2D eigenvalue weighted by Gasteiger charge is -2.09. The van der Waals surface area contributed by atoms with Gasteiger partial charge in [-0.1, -0.05) is 29.8 Å². The van der Waals surface area contributed by atoms with Crippen LogP contribution in [0.5, 0.6) is 0 Å². The van der Waals surface area contributed by atoms with Gasteiger partial charge in [0.15, 0.2) is 0 Å². The van der Waals surface area contributed by atoms with E-state index in [1.54, 1.807) is 12.1 Å². The van der Waals surface area contributed by atoms with Crippen LogP contribution in [0.25, 0.3) is 5.69 Å². The summed E-state index contributed by atoms with van der Waals surface area (Å²) in [5, 5.41) is 15.5. The number of rotatable bonds is 4. The molecule has 0 unspecified atom stereocenters. The predicted molar refractivity (Wildman–Crippen MR) is 73.6 cm³/mol. The van der Waals surface area contributed by atoms with E-state index < -0.39 is 5.56 Å². The Bertz CT molecular complexity index is 661. The Labute approximate surface area is 115 Å². The van der Waals surface area contributed by atoms with E-state index in [0.717, 1.165) is 0 Å². The summed E-state index contributed by atoms with van der Waals surface area (Å²) in [5.74, 6) is 0. The van der Waals surface area contributed by atoms with Crippen LogP contribution in [0.2, 0.25) is 5.02 Å². The zero-order valence-electron chi connectivity index (χ0n) is 10.0. The second-order valence-electron chi connectivity index (χ2n) is 3.76. The van der Waals surface area contributed by atoms with Crippen molar-refractivity contribution in [3.8, 4) is 11.8 Å². The summed E-state index contributed by atoms with van der Waals surface area (Å²) >= 11 is 6.01. The number of hydrogen-bond acceptors (Lipinski definition) is 4. The molecule has 0 saturated carbocycles. The molecule has 1 N–H and O–H groups in total. The molecule has 0 aliphatic carbocycles. The molecule has 96 valence electrons. The molecule has 0 radical (unpaired) electrons. The minimum Gasteiger partial charge on any atom is -0.381 e. The molecule has 2 rings (SSSR count). The first-order chi connectivity index (χ1) is 9.24. The normalized spacial score (nSPS) is 9.89. The highest BCUT2D eigenvalue weighted by Gasteiger charge is 2.09. The third kappa shape index (κ3) is 2.92. The first-order valence-electron chi connectivity index (χ1n) is 5.68. The van der Waals surface area contributed by atoms with Gasteiger partial charge in [-0.2, -0.15) is 15.0 Å². The fourth-order valence-electron chi connectivity index (χ4n) is 1.56. The van der Waals surface area contributed by atoms with E-state index >= 15 is 0 Å². The van der Waals surface area contributed by atoms with Crippen molar-refractivity contribution in [2.45, 2.75) is 6.42 Å². The number of nitrogens with zero attached hydrogens (tertiary/aromatic N) is 3. The van der Waals surface area contributed by atoms with Crippen molar-refractivity contribution in [3.63, 3.8) is 0 Å². The topological polar surface area (TPSA) is 70.7 Å². The van der Waals surface area contributed by atoms with Crippen molar-refractivity contribution < 1.29 is 0 Å². The second-order valence-corrected chi connectivity index (χ2v) is 4.14. The molecule has 6 heteroatoms. The van der Waals surface area contributed by atoms with Gasteiger partial charge in [-0.25, -0.2) is 0 Å². The van der Waals surface area contributed by atoms with Crippen molar-refractivity contribution in [1.82, 2.24) is 9.78 Å². The Morgan fingerprint density at radius 2 is 2.11 bits per heavy atom. The van der Waals surface area contributed by atoms with E-state index in [2.05, 4.69) is 10.4 Å². The molecule has 2 aromatic rings. The third-order valence-electron chi connectivity index (χ3n) is 2.47. The van der Waals surface area contributed by atoms with Gasteiger partial charge in [0, 0.05) is 6.54 Å². The summed E-state index contributed by atoms with van der Waals surface area (Å²) in [7, 11) is 0. The average molecular weight is 275 g/mol. The lowest BCUT2D eigenvalue weighted by atomic mass is 10.3. The van der Waals surface area contributed by atoms with Gasteiger partial charge in [-0.3, -0.25) is 4.79 Å². The fourth-order valence-corrected chi connectivity index (χ4v) is 1.76. The van der Waals surface area contributed by atoms with Crippen molar-refractivity contribution in [2.75, 3.05) is 11.9 Å². The number of aromatic nitrogens is 2. The lowest BCUT2D eigenvalue weighted by Crippen LogP contribution is -2.22. The molecule has 0 bridgehead atoms. The van der Waals surface area contributed by atoms with Crippen LogP contribution in [0.4, 0.5) is 5.69 Å². The van der Waals surface area contributed by atoms with Crippen molar-refractivity contribution in [3.05, 3.63) is 51.9 Å². The van der Waals surface area contributed by atoms with Gasteiger partial charge < -0.3 is 5.32 Å². The van der Waals surface area contributed by atoms with Crippen molar-refractivity contribution in [2.24, 2.45) is 0 Å². The molecule has 5 nitrogen and oxygen atoms in total. The van der Waals surface area contributed by atoms with Gasteiger partial charge in [0.25, 0.3) is 5.56 Å². The van der Waals surface area contributed by atoms with Gasteiger partial charge in [-0.05, 0) is 12.1 Å². The number of hydrogen-bond donors (Lipinski definition) is 1. The molecule has 0 saturated heterocycles. The average Bonchev–Trinajstić information content (AvgIpc) is 2.45. The summed E-state index contributed by atoms with van der Waals surface area (Å²) in [6, 6.07) is 11.0. The van der Waals surface area contributed by atoms with E-state index in [4.69, 9.17) is 16.9 Å². The van der Waals surface area contributed by atoms with Crippen LogP contribution < -0.4 is 10.9 Å². The Balaban J connectivity index is 2.33. The zero-order chi connectivity index (χ0) is 13.7. The first-order valence-corrected chi connectivity index (χ1v) is 6.06. The molecular weight excluding hydrogens is 264 g/mol. The summed E-state index contributed by atoms with van der Waals surface area (Å²) in [6.45, 7) is 0.423.